The first kappa shape index (κ1) is 23.1. The molecule has 5 rings (SSSR count). The lowest BCUT2D eigenvalue weighted by molar-refractivity contribution is -0.118. The number of nitrogens with one attached hydrogen (secondary N) is 4. The summed E-state index contributed by atoms with van der Waals surface area (Å²) in [6.45, 7) is 4.90. The van der Waals surface area contributed by atoms with Gasteiger partial charge < -0.3 is 35.7 Å². The SMILES string of the molecule is CN1CCNCC1.O=C1COc2ccc(CNC(=O)c3ncnc4c(C(=O)O)c[nH]c34)cc2N1. The van der Waals surface area contributed by atoms with Crippen LogP contribution in [-0.2, 0) is 11.3 Å². The second kappa shape index (κ2) is 10.3. The Morgan fingerprint density at radius 2 is 2.03 bits per heavy atom. The van der Waals surface area contributed by atoms with Gasteiger partial charge in [-0.25, -0.2) is 14.8 Å². The van der Waals surface area contributed by atoms with E-state index in [1.807, 2.05) is 0 Å². The van der Waals surface area contributed by atoms with Crippen molar-refractivity contribution in [2.45, 2.75) is 6.54 Å². The van der Waals surface area contributed by atoms with Crippen LogP contribution in [-0.4, -0.2) is 82.6 Å². The van der Waals surface area contributed by atoms with E-state index in [-0.39, 0.29) is 41.3 Å². The van der Waals surface area contributed by atoms with Crippen molar-refractivity contribution in [2.24, 2.45) is 0 Å². The minimum absolute atomic E-state index is 0.0265. The number of aromatic amines is 1. The molecule has 5 N–H and O–H groups in total. The molecule has 34 heavy (non-hydrogen) atoms. The molecule has 0 radical (unpaired) electrons. The second-order valence-corrected chi connectivity index (χ2v) is 7.86. The molecule has 0 unspecified atom stereocenters. The first-order chi connectivity index (χ1) is 16.4. The summed E-state index contributed by atoms with van der Waals surface area (Å²) in [6, 6.07) is 5.19. The maximum Gasteiger partial charge on any atom is 0.339 e. The quantitative estimate of drug-likeness (QED) is 0.366. The van der Waals surface area contributed by atoms with Crippen LogP contribution in [0.4, 0.5) is 5.69 Å². The van der Waals surface area contributed by atoms with Crippen molar-refractivity contribution in [2.75, 3.05) is 45.2 Å². The molecule has 12 nitrogen and oxygen atoms in total. The summed E-state index contributed by atoms with van der Waals surface area (Å²) in [5.41, 5.74) is 1.71. The van der Waals surface area contributed by atoms with Crippen molar-refractivity contribution in [3.8, 4) is 5.75 Å². The number of carboxylic acids is 1. The minimum atomic E-state index is -1.15. The lowest BCUT2D eigenvalue weighted by Crippen LogP contribution is -2.40. The Balaban J connectivity index is 0.000000336. The van der Waals surface area contributed by atoms with E-state index in [9.17, 15) is 14.4 Å². The van der Waals surface area contributed by atoms with Crippen LogP contribution in [0.1, 0.15) is 26.4 Å². The number of rotatable bonds is 4. The smallest absolute Gasteiger partial charge is 0.339 e. The zero-order chi connectivity index (χ0) is 24.1. The van der Waals surface area contributed by atoms with Gasteiger partial charge in [-0.2, -0.15) is 0 Å². The Hall–Kier alpha value is -4.03. The maximum atomic E-state index is 12.5. The fraction of sp³-hybridized carbons (Fsp3) is 0.318. The predicted octanol–water partition coefficient (Wildman–Crippen LogP) is 0.438. The molecular weight excluding hydrogens is 442 g/mol. The zero-order valence-corrected chi connectivity index (χ0v) is 18.6. The Morgan fingerprint density at radius 1 is 1.24 bits per heavy atom. The third-order valence-corrected chi connectivity index (χ3v) is 5.38. The largest absolute Gasteiger partial charge is 0.482 e. The van der Waals surface area contributed by atoms with Crippen molar-refractivity contribution in [3.63, 3.8) is 0 Å². The molecule has 178 valence electrons. The summed E-state index contributed by atoms with van der Waals surface area (Å²) in [4.78, 5) is 48.0. The molecule has 2 aliphatic rings. The molecule has 0 spiro atoms. The number of hydrogen-bond acceptors (Lipinski definition) is 8. The molecule has 1 aromatic carbocycles. The van der Waals surface area contributed by atoms with Gasteiger partial charge in [-0.05, 0) is 24.7 Å². The van der Waals surface area contributed by atoms with Gasteiger partial charge in [0.25, 0.3) is 11.8 Å². The number of H-pyrrole nitrogens is 1. The molecule has 12 heteroatoms. The Bertz CT molecular complexity index is 1220. The highest BCUT2D eigenvalue weighted by Gasteiger charge is 2.20. The number of likely N-dealkylation sites (N-methyl/N-ethyl adjacent to an activating group) is 1. The Kier molecular flexibility index (Phi) is 6.99. The number of carbonyl (C=O) groups excluding carboxylic acids is 2. The third-order valence-electron chi connectivity index (χ3n) is 5.38. The van der Waals surface area contributed by atoms with E-state index in [4.69, 9.17) is 9.84 Å². The van der Waals surface area contributed by atoms with Gasteiger partial charge in [0.2, 0.25) is 0 Å². The van der Waals surface area contributed by atoms with Crippen LogP contribution in [0, 0.1) is 0 Å². The van der Waals surface area contributed by atoms with E-state index in [2.05, 4.69) is 42.8 Å². The molecule has 2 aliphatic heterocycles. The molecule has 0 atom stereocenters. The number of fused-ring (bicyclic) bond motifs is 2. The number of anilines is 1. The van der Waals surface area contributed by atoms with E-state index < -0.39 is 11.9 Å². The number of benzene rings is 1. The first-order valence-electron chi connectivity index (χ1n) is 10.7. The van der Waals surface area contributed by atoms with E-state index in [1.54, 1.807) is 18.2 Å². The summed E-state index contributed by atoms with van der Waals surface area (Å²) < 4.78 is 5.29. The summed E-state index contributed by atoms with van der Waals surface area (Å²) in [6.07, 6.45) is 2.41. The predicted molar refractivity (Wildman–Crippen MR) is 123 cm³/mol. The first-order valence-corrected chi connectivity index (χ1v) is 10.7. The summed E-state index contributed by atoms with van der Waals surface area (Å²) >= 11 is 0. The second-order valence-electron chi connectivity index (χ2n) is 7.86. The molecule has 1 saturated heterocycles. The highest BCUT2D eigenvalue weighted by atomic mass is 16.5. The van der Waals surface area contributed by atoms with Gasteiger partial charge in [0.1, 0.15) is 23.2 Å². The molecule has 0 aliphatic carbocycles. The Labute approximate surface area is 194 Å². The van der Waals surface area contributed by atoms with Gasteiger partial charge >= 0.3 is 5.97 Å². The van der Waals surface area contributed by atoms with E-state index >= 15 is 0 Å². The van der Waals surface area contributed by atoms with Crippen LogP contribution >= 0.6 is 0 Å². The van der Waals surface area contributed by atoms with Crippen LogP contribution in [0.15, 0.2) is 30.7 Å². The zero-order valence-electron chi connectivity index (χ0n) is 18.6. The molecule has 0 saturated carbocycles. The monoisotopic (exact) mass is 467 g/mol. The number of piperazine rings is 1. The average Bonchev–Trinajstić information content (AvgIpc) is 3.28. The highest BCUT2D eigenvalue weighted by Crippen LogP contribution is 2.28. The number of carbonyl (C=O) groups is 3. The number of carboxylic acid groups (broad SMARTS) is 1. The van der Waals surface area contributed by atoms with Crippen molar-refractivity contribution >= 4 is 34.5 Å². The van der Waals surface area contributed by atoms with Crippen molar-refractivity contribution in [3.05, 3.63) is 47.5 Å². The lowest BCUT2D eigenvalue weighted by Gasteiger charge is -2.21. The van der Waals surface area contributed by atoms with Crippen molar-refractivity contribution < 1.29 is 24.2 Å². The molecular formula is C22H25N7O5. The summed E-state index contributed by atoms with van der Waals surface area (Å²) in [5, 5.41) is 17.8. The van der Waals surface area contributed by atoms with Gasteiger partial charge in [-0.15, -0.1) is 0 Å². The number of ether oxygens (including phenoxy) is 1. The van der Waals surface area contributed by atoms with Crippen molar-refractivity contribution in [1.29, 1.82) is 0 Å². The lowest BCUT2D eigenvalue weighted by atomic mass is 10.1. The topological polar surface area (TPSA) is 162 Å². The number of aromatic carboxylic acids is 1. The van der Waals surface area contributed by atoms with E-state index in [0.717, 1.165) is 25.0 Å². The molecule has 4 heterocycles. The van der Waals surface area contributed by atoms with Gasteiger partial charge in [0.05, 0.1) is 11.2 Å². The van der Waals surface area contributed by atoms with Crippen LogP contribution in [0.3, 0.4) is 0 Å². The van der Waals surface area contributed by atoms with Gasteiger partial charge in [0.15, 0.2) is 12.3 Å². The fourth-order valence-corrected chi connectivity index (χ4v) is 3.56. The number of amides is 2. The molecule has 2 amide bonds. The number of aromatic nitrogens is 3. The van der Waals surface area contributed by atoms with Gasteiger partial charge in [0, 0.05) is 38.9 Å². The van der Waals surface area contributed by atoms with E-state index in [1.165, 1.54) is 19.3 Å². The number of nitrogens with zero attached hydrogens (tertiary/aromatic N) is 3. The number of hydrogen-bond donors (Lipinski definition) is 5. The van der Waals surface area contributed by atoms with Crippen LogP contribution < -0.4 is 20.7 Å². The highest BCUT2D eigenvalue weighted by molar-refractivity contribution is 6.08. The molecule has 3 aromatic rings. The van der Waals surface area contributed by atoms with E-state index in [0.29, 0.717) is 11.4 Å². The normalized spacial score (nSPS) is 15.4. The molecule has 2 aromatic heterocycles. The average molecular weight is 467 g/mol. The Morgan fingerprint density at radius 3 is 2.74 bits per heavy atom. The standard InChI is InChI=1S/C17H13N5O5.C5H12N2/c23-12-6-27-11-2-1-8(3-10(11)22-12)4-19-16(24)15-14-13(20-7-21-15)9(5-18-14)17(25)26;1-7-4-2-6-3-5-7/h1-3,5,7,18H,4,6H2,(H,19,24)(H,22,23)(H,25,26);6H,2-5H2,1H3. The van der Waals surface area contributed by atoms with Crippen LogP contribution in [0.5, 0.6) is 5.75 Å². The molecule has 1 fully saturated rings. The van der Waals surface area contributed by atoms with Gasteiger partial charge in [-0.1, -0.05) is 6.07 Å². The maximum absolute atomic E-state index is 12.5. The minimum Gasteiger partial charge on any atom is -0.482 e. The van der Waals surface area contributed by atoms with Gasteiger partial charge in [-0.3, -0.25) is 9.59 Å². The third kappa shape index (κ3) is 5.30. The van der Waals surface area contributed by atoms with Crippen LogP contribution in [0.25, 0.3) is 11.0 Å². The molecule has 0 bridgehead atoms. The van der Waals surface area contributed by atoms with Crippen molar-refractivity contribution in [1.82, 2.24) is 30.5 Å². The fourth-order valence-electron chi connectivity index (χ4n) is 3.56. The summed E-state index contributed by atoms with van der Waals surface area (Å²) in [7, 11) is 2.15. The van der Waals surface area contributed by atoms with Crippen LogP contribution in [0.2, 0.25) is 0 Å². The summed E-state index contributed by atoms with van der Waals surface area (Å²) in [5.74, 6) is -1.31.